The molecule has 0 radical (unpaired) electrons. The zero-order valence-electron chi connectivity index (χ0n) is 20.6. The summed E-state index contributed by atoms with van der Waals surface area (Å²) in [6.45, 7) is 6.24. The van der Waals surface area contributed by atoms with Gasteiger partial charge in [0, 0.05) is 24.1 Å². The largest absolute Gasteiger partial charge is 0.460 e. The maximum Gasteiger partial charge on any atom is 0.341 e. The molecule has 1 N–H and O–H groups in total. The molecule has 4 rings (SSSR count). The molecule has 34 heavy (non-hydrogen) atoms. The van der Waals surface area contributed by atoms with E-state index in [0.717, 1.165) is 51.4 Å². The summed E-state index contributed by atoms with van der Waals surface area (Å²) in [6.07, 6.45) is 8.66. The van der Waals surface area contributed by atoms with Crippen molar-refractivity contribution >= 4 is 29.4 Å². The number of rotatable bonds is 6. The van der Waals surface area contributed by atoms with Gasteiger partial charge in [-0.15, -0.1) is 16.5 Å². The maximum atomic E-state index is 12.9. The van der Waals surface area contributed by atoms with Crippen LogP contribution in [0.1, 0.15) is 78.6 Å². The SMILES string of the molecule is C[C@H](NC(=O)N(CCCl)N=O)C(=O)O[C@H]1CCC2C3CCC4CC(=O)CC[C@]4(C)C3CC[C@@]21C. The highest BCUT2D eigenvalue weighted by Crippen LogP contribution is 2.66. The number of alkyl halides is 1. The Balaban J connectivity index is 1.40. The monoisotopic (exact) mass is 495 g/mol. The lowest BCUT2D eigenvalue weighted by Crippen LogP contribution is -2.54. The molecule has 0 aromatic carbocycles. The molecular weight excluding hydrogens is 458 g/mol. The van der Waals surface area contributed by atoms with E-state index in [0.29, 0.717) is 34.5 Å². The molecule has 4 unspecified atom stereocenters. The van der Waals surface area contributed by atoms with E-state index in [1.165, 1.54) is 6.42 Å². The molecule has 8 atom stereocenters. The van der Waals surface area contributed by atoms with Crippen molar-refractivity contribution in [1.82, 2.24) is 10.3 Å². The van der Waals surface area contributed by atoms with E-state index in [2.05, 4.69) is 24.5 Å². The summed E-state index contributed by atoms with van der Waals surface area (Å²) in [6, 6.07) is -1.65. The van der Waals surface area contributed by atoms with Gasteiger partial charge in [-0.2, -0.15) is 5.01 Å². The highest BCUT2D eigenvalue weighted by atomic mass is 35.5. The quantitative estimate of drug-likeness (QED) is 0.246. The molecule has 4 fully saturated rings. The summed E-state index contributed by atoms with van der Waals surface area (Å²) < 4.78 is 5.99. The molecule has 0 bridgehead atoms. The number of Topliss-reactive ketones (excluding diaryl/α,β-unsaturated/α-hetero) is 1. The van der Waals surface area contributed by atoms with Crippen LogP contribution in [0.2, 0.25) is 0 Å². The molecule has 0 aromatic rings. The molecule has 2 amide bonds. The van der Waals surface area contributed by atoms with E-state index in [4.69, 9.17) is 16.3 Å². The van der Waals surface area contributed by atoms with Crippen molar-refractivity contribution in [3.63, 3.8) is 0 Å². The first kappa shape index (κ1) is 25.4. The molecule has 0 saturated heterocycles. The average molecular weight is 496 g/mol. The predicted molar refractivity (Wildman–Crippen MR) is 128 cm³/mol. The first-order chi connectivity index (χ1) is 16.1. The molecule has 4 saturated carbocycles. The number of nitrogens with zero attached hydrogens (tertiary/aromatic N) is 2. The van der Waals surface area contributed by atoms with Gasteiger partial charge in [0.2, 0.25) is 0 Å². The molecular formula is C25H38ClN3O5. The zero-order chi connectivity index (χ0) is 24.7. The lowest BCUT2D eigenvalue weighted by atomic mass is 9.45. The smallest absolute Gasteiger partial charge is 0.341 e. The van der Waals surface area contributed by atoms with Crippen molar-refractivity contribution in [2.75, 3.05) is 12.4 Å². The maximum absolute atomic E-state index is 12.9. The number of nitroso groups, excluding NO2 is 1. The average Bonchev–Trinajstić information content (AvgIpc) is 3.13. The molecule has 0 aromatic heterocycles. The van der Waals surface area contributed by atoms with Gasteiger partial charge in [0.1, 0.15) is 17.9 Å². The Morgan fingerprint density at radius 2 is 1.88 bits per heavy atom. The third-order valence-corrected chi connectivity index (χ3v) is 10.1. The number of hydrogen-bond acceptors (Lipinski definition) is 6. The minimum Gasteiger partial charge on any atom is -0.460 e. The standard InChI is InChI=1S/C25H38ClN3O5/c1-15(27-23(32)29(28-33)13-12-26)22(31)34-21-7-6-19-18-5-4-16-14-17(30)8-10-24(16,2)20(18)9-11-25(19,21)3/h15-16,18-21H,4-14H2,1-3H3,(H,27,32)/t15-,16?,18?,19?,20?,21-,24-,25-/m0/s1. The third kappa shape index (κ3) is 4.35. The lowest BCUT2D eigenvalue weighted by Gasteiger charge is -2.60. The fraction of sp³-hybridized carbons (Fsp3) is 0.880. The molecule has 190 valence electrons. The van der Waals surface area contributed by atoms with E-state index in [9.17, 15) is 19.3 Å². The van der Waals surface area contributed by atoms with Crippen LogP contribution < -0.4 is 5.32 Å². The van der Waals surface area contributed by atoms with Gasteiger partial charge in [-0.1, -0.05) is 13.8 Å². The normalized spacial score (nSPS) is 39.8. The first-order valence-corrected chi connectivity index (χ1v) is 13.4. The van der Waals surface area contributed by atoms with Crippen molar-refractivity contribution in [2.45, 2.75) is 90.7 Å². The van der Waals surface area contributed by atoms with E-state index in [-0.39, 0.29) is 29.4 Å². The summed E-state index contributed by atoms with van der Waals surface area (Å²) in [5.41, 5.74) is 0.191. The highest BCUT2D eigenvalue weighted by Gasteiger charge is 2.61. The number of fused-ring (bicyclic) bond motifs is 5. The van der Waals surface area contributed by atoms with E-state index >= 15 is 0 Å². The summed E-state index contributed by atoms with van der Waals surface area (Å²) in [7, 11) is 0. The highest BCUT2D eigenvalue weighted by molar-refractivity contribution is 6.18. The van der Waals surface area contributed by atoms with E-state index < -0.39 is 18.0 Å². The van der Waals surface area contributed by atoms with Gasteiger partial charge >= 0.3 is 12.0 Å². The molecule has 4 aliphatic carbocycles. The van der Waals surface area contributed by atoms with Gasteiger partial charge in [-0.3, -0.25) is 4.79 Å². The fourth-order valence-electron chi connectivity index (χ4n) is 8.01. The number of ether oxygens (including phenoxy) is 1. The summed E-state index contributed by atoms with van der Waals surface area (Å²) in [5, 5.41) is 5.81. The van der Waals surface area contributed by atoms with Gasteiger partial charge in [-0.05, 0) is 81.0 Å². The van der Waals surface area contributed by atoms with Crippen LogP contribution in [0.15, 0.2) is 5.29 Å². The molecule has 0 heterocycles. The van der Waals surface area contributed by atoms with Crippen LogP contribution in [0, 0.1) is 39.4 Å². The number of amides is 2. The van der Waals surface area contributed by atoms with Crippen LogP contribution in [0.25, 0.3) is 0 Å². The number of nitrogens with one attached hydrogen (secondary N) is 1. The van der Waals surface area contributed by atoms with Crippen LogP contribution in [0.4, 0.5) is 4.79 Å². The number of ketones is 1. The minimum atomic E-state index is -0.889. The van der Waals surface area contributed by atoms with Crippen LogP contribution in [-0.2, 0) is 14.3 Å². The predicted octanol–water partition coefficient (Wildman–Crippen LogP) is 4.83. The minimum absolute atomic E-state index is 0.0302. The number of carbonyl (C=O) groups excluding carboxylic acids is 3. The zero-order valence-corrected chi connectivity index (χ0v) is 21.3. The first-order valence-electron chi connectivity index (χ1n) is 12.8. The van der Waals surface area contributed by atoms with Gasteiger partial charge in [0.25, 0.3) is 0 Å². The van der Waals surface area contributed by atoms with Crippen LogP contribution >= 0.6 is 11.6 Å². The summed E-state index contributed by atoms with van der Waals surface area (Å²) in [4.78, 5) is 48.0. The van der Waals surface area contributed by atoms with Crippen LogP contribution in [-0.4, -0.2) is 47.4 Å². The molecule has 9 heteroatoms. The van der Waals surface area contributed by atoms with E-state index in [1.807, 2.05) is 0 Å². The van der Waals surface area contributed by atoms with Crippen molar-refractivity contribution in [2.24, 2.45) is 39.8 Å². The molecule has 4 aliphatic rings. The van der Waals surface area contributed by atoms with Gasteiger partial charge in [0.05, 0.1) is 11.8 Å². The lowest BCUT2D eigenvalue weighted by molar-refractivity contribution is -0.165. The van der Waals surface area contributed by atoms with Gasteiger partial charge in [-0.25, -0.2) is 9.59 Å². The second kappa shape index (κ2) is 9.75. The molecule has 0 spiro atoms. The van der Waals surface area contributed by atoms with Gasteiger partial charge < -0.3 is 10.1 Å². The van der Waals surface area contributed by atoms with Crippen LogP contribution in [0.3, 0.4) is 0 Å². The van der Waals surface area contributed by atoms with Crippen molar-refractivity contribution in [3.05, 3.63) is 4.91 Å². The van der Waals surface area contributed by atoms with Gasteiger partial charge in [0.15, 0.2) is 0 Å². The molecule has 0 aliphatic heterocycles. The second-order valence-corrected chi connectivity index (χ2v) is 11.9. The third-order valence-electron chi connectivity index (χ3n) is 9.98. The Labute approximate surface area is 206 Å². The van der Waals surface area contributed by atoms with Crippen molar-refractivity contribution in [1.29, 1.82) is 0 Å². The van der Waals surface area contributed by atoms with E-state index in [1.54, 1.807) is 6.92 Å². The van der Waals surface area contributed by atoms with Crippen LogP contribution in [0.5, 0.6) is 0 Å². The Morgan fingerprint density at radius 3 is 2.59 bits per heavy atom. The Hall–Kier alpha value is -1.70. The van der Waals surface area contributed by atoms with Crippen molar-refractivity contribution in [3.8, 4) is 0 Å². The molecule has 8 nitrogen and oxygen atoms in total. The van der Waals surface area contributed by atoms with Crippen molar-refractivity contribution < 1.29 is 19.1 Å². The second-order valence-electron chi connectivity index (χ2n) is 11.5. The Morgan fingerprint density at radius 1 is 1.15 bits per heavy atom. The fourth-order valence-corrected chi connectivity index (χ4v) is 8.17. The number of hydrogen-bond donors (Lipinski definition) is 1. The Kier molecular flexibility index (Phi) is 7.28. The number of carbonyl (C=O) groups is 3. The summed E-state index contributed by atoms with van der Waals surface area (Å²) in [5.74, 6) is 2.33. The number of esters is 1. The number of halogens is 1. The summed E-state index contributed by atoms with van der Waals surface area (Å²) >= 11 is 5.59. The number of urea groups is 1. The topological polar surface area (TPSA) is 105 Å². The Bertz CT molecular complexity index is 839.